The molecule has 0 saturated heterocycles. The molecule has 770 valence electrons. The van der Waals surface area contributed by atoms with Gasteiger partial charge in [0.25, 0.3) is 0 Å². The molecule has 0 fully saturated rings. The second-order valence-electron chi connectivity index (χ2n) is 35.9. The third kappa shape index (κ3) is 61.0. The van der Waals surface area contributed by atoms with Crippen molar-refractivity contribution >= 4 is 47.8 Å². The molecule has 0 bridgehead atoms. The maximum Gasteiger partial charge on any atom is 0.311 e. The molecule has 0 aromatic heterocycles. The molecule has 0 aliphatic rings. The van der Waals surface area contributed by atoms with Crippen LogP contribution in [0.4, 0.5) is 0 Å². The van der Waals surface area contributed by atoms with Crippen LogP contribution in [0, 0.1) is 43.3 Å². The highest BCUT2D eigenvalue weighted by molar-refractivity contribution is 5.79. The van der Waals surface area contributed by atoms with Crippen molar-refractivity contribution in [3.8, 4) is 0 Å². The fourth-order valence-electron chi connectivity index (χ4n) is 10.9. The quantitative estimate of drug-likeness (QED) is 0.0136. The Morgan fingerprint density at radius 2 is 0.324 bits per heavy atom. The standard InChI is InChI=1S/C83H144N24O29/c1-76(2,18-26-92-100-84)68(108)129-35-17-34-116-50-62(123-38-44-131-70(110)78(5,6)20-28-94-102-86)52-118-54-64(125-40-46-133-72(112)80(9,10)22-30-96-104-88)56-120-58-66(127-42-48-135-74(114)82(13,14)24-32-98-106-90)60-122-61-67(128-43-49-136-75(115)83(15,16)25-33-99-107-91)59-121-57-65(126-41-47-134-73(113)81(11,12)23-31-97-105-89)55-119-53-63(124-39-45-132-71(111)79(7,8)21-29-95-103-87)51-117-36-37-130-69(109)77(3,4)19-27-93-101-85/h62-67H,17-61H2,1-16H3. The first-order chi connectivity index (χ1) is 64.5. The number of hydrogen-bond acceptors (Lipinski definition) is 37. The number of rotatable bonds is 87. The van der Waals surface area contributed by atoms with Gasteiger partial charge in [-0.2, -0.15) is 0 Å². The first kappa shape index (κ1) is 126. The predicted molar refractivity (Wildman–Crippen MR) is 486 cm³/mol. The zero-order chi connectivity index (χ0) is 102. The van der Waals surface area contributed by atoms with E-state index in [9.17, 15) is 38.4 Å². The minimum Gasteiger partial charge on any atom is -0.465 e. The molecule has 0 N–H and O–H groups in total. The Kier molecular flexibility index (Phi) is 67.5. The van der Waals surface area contributed by atoms with Gasteiger partial charge in [0.2, 0.25) is 0 Å². The number of ether oxygens (including phenoxy) is 21. The van der Waals surface area contributed by atoms with Gasteiger partial charge in [0.15, 0.2) is 0 Å². The maximum atomic E-state index is 13.4. The van der Waals surface area contributed by atoms with Gasteiger partial charge >= 0.3 is 47.8 Å². The molecule has 0 rings (SSSR count). The lowest BCUT2D eigenvalue weighted by molar-refractivity contribution is -0.161. The van der Waals surface area contributed by atoms with Gasteiger partial charge in [-0.3, -0.25) is 38.4 Å². The lowest BCUT2D eigenvalue weighted by Crippen LogP contribution is -2.36. The van der Waals surface area contributed by atoms with Crippen LogP contribution in [0.25, 0.3) is 83.5 Å². The molecule has 0 radical (unpaired) electrons. The number of esters is 8. The van der Waals surface area contributed by atoms with Crippen molar-refractivity contribution in [3.05, 3.63) is 83.5 Å². The van der Waals surface area contributed by atoms with E-state index < -0.39 is 128 Å². The van der Waals surface area contributed by atoms with Crippen molar-refractivity contribution in [2.75, 3.05) is 237 Å². The van der Waals surface area contributed by atoms with E-state index >= 15 is 0 Å². The summed E-state index contributed by atoms with van der Waals surface area (Å²) in [7, 11) is 0. The number of hydrogen-bond donors (Lipinski definition) is 0. The number of carbonyl (C=O) groups is 8. The van der Waals surface area contributed by atoms with E-state index in [4.69, 9.17) is 144 Å². The molecule has 0 aliphatic carbocycles. The van der Waals surface area contributed by atoms with Crippen molar-refractivity contribution in [2.24, 2.45) is 84.2 Å². The lowest BCUT2D eigenvalue weighted by atomic mass is 9.90. The van der Waals surface area contributed by atoms with E-state index in [0.717, 1.165) is 0 Å². The number of nitrogens with zero attached hydrogens (tertiary/aromatic N) is 24. The molecule has 0 aromatic rings. The van der Waals surface area contributed by atoms with Crippen molar-refractivity contribution < 1.29 is 138 Å². The number of azide groups is 8. The first-order valence-electron chi connectivity index (χ1n) is 44.7. The summed E-state index contributed by atoms with van der Waals surface area (Å²) in [5.74, 6) is -4.64. The molecule has 0 spiro atoms. The average Bonchev–Trinajstić information content (AvgIpc) is 0.902. The van der Waals surface area contributed by atoms with Gasteiger partial charge in [-0.1, -0.05) is 40.9 Å². The van der Waals surface area contributed by atoms with Crippen LogP contribution in [-0.4, -0.2) is 322 Å². The van der Waals surface area contributed by atoms with Gasteiger partial charge in [-0.05, 0) is 206 Å². The Morgan fingerprint density at radius 3 is 0.478 bits per heavy atom. The molecule has 0 amide bonds. The molecule has 0 aliphatic heterocycles. The largest absolute Gasteiger partial charge is 0.465 e. The van der Waals surface area contributed by atoms with Gasteiger partial charge in [0.05, 0.1) is 175 Å². The first-order valence-corrected chi connectivity index (χ1v) is 44.7. The molecule has 0 saturated carbocycles. The summed E-state index contributed by atoms with van der Waals surface area (Å²) < 4.78 is 125. The number of carbonyl (C=O) groups excluding carboxylic acids is 8. The fraction of sp³-hybridized carbons (Fsp3) is 0.904. The summed E-state index contributed by atoms with van der Waals surface area (Å²) in [5, 5.41) is 28.2. The smallest absolute Gasteiger partial charge is 0.311 e. The Morgan fingerprint density at radius 1 is 0.191 bits per heavy atom. The summed E-state index contributed by atoms with van der Waals surface area (Å²) in [5.41, 5.74) is 62.5. The highest BCUT2D eigenvalue weighted by Crippen LogP contribution is 2.30. The van der Waals surface area contributed by atoms with Crippen molar-refractivity contribution in [3.63, 3.8) is 0 Å². The van der Waals surface area contributed by atoms with E-state index in [-0.39, 0.29) is 295 Å². The van der Waals surface area contributed by atoms with Crippen LogP contribution in [-0.2, 0) is 138 Å². The SMILES string of the molecule is CC(C)(CCN=[N+]=[N-])C(=O)OCCCOCC(COCC(COCC(COCC(COCC(COCC(COCCOC(=O)C(C)(C)CCN=[N+]=[N-])OCCOC(=O)C(C)(C)CCN=[N+]=[N-])OCCOC(=O)C(C)(C)CCN=[N+]=[N-])OCCOC(=O)C(C)(C)CCN=[N+]=[N-])OCCOC(=O)C(C)(C)CCN=[N+]=[N-])OCCOC(=O)C(C)(C)CCN=[N+]=[N-])OCCOC(=O)C(C)(C)CCN=[N+]=[N-]. The van der Waals surface area contributed by atoms with Gasteiger partial charge in [-0.15, -0.1) is 0 Å². The summed E-state index contributed by atoms with van der Waals surface area (Å²) in [6.07, 6.45) is -3.73. The second kappa shape index (κ2) is 73.0. The topological polar surface area (TPSA) is 720 Å². The lowest BCUT2D eigenvalue weighted by Gasteiger charge is -2.26. The van der Waals surface area contributed by atoms with Crippen LogP contribution in [0.2, 0.25) is 0 Å². The van der Waals surface area contributed by atoms with Gasteiger partial charge in [-0.25, -0.2) is 0 Å². The normalized spacial score (nSPS) is 13.1. The van der Waals surface area contributed by atoms with Crippen molar-refractivity contribution in [2.45, 2.75) is 205 Å². The average molecular weight is 1940 g/mol. The van der Waals surface area contributed by atoms with Crippen LogP contribution in [0.5, 0.6) is 0 Å². The van der Waals surface area contributed by atoms with Gasteiger partial charge in [0.1, 0.15) is 82.9 Å². The van der Waals surface area contributed by atoms with Gasteiger partial charge in [0, 0.05) is 105 Å². The second-order valence-corrected chi connectivity index (χ2v) is 35.9. The summed E-state index contributed by atoms with van der Waals surface area (Å²) in [6, 6.07) is 0. The van der Waals surface area contributed by atoms with Crippen molar-refractivity contribution in [1.29, 1.82) is 0 Å². The Labute approximate surface area is 792 Å². The molecule has 6 unspecified atom stereocenters. The molecule has 0 heterocycles. The highest BCUT2D eigenvalue weighted by Gasteiger charge is 2.36. The third-order valence-electron chi connectivity index (χ3n) is 20.4. The molecular weight excluding hydrogens is 1800 g/mol. The third-order valence-corrected chi connectivity index (χ3v) is 20.4. The Bertz CT molecular complexity index is 3910. The highest BCUT2D eigenvalue weighted by atomic mass is 16.6. The van der Waals surface area contributed by atoms with Crippen LogP contribution >= 0.6 is 0 Å². The Balaban J connectivity index is 7.73. The maximum absolute atomic E-state index is 13.4. The van der Waals surface area contributed by atoms with Gasteiger partial charge < -0.3 is 99.5 Å². The Hall–Kier alpha value is -10.3. The van der Waals surface area contributed by atoms with E-state index in [2.05, 4.69) is 80.2 Å². The minimum atomic E-state index is -1.07. The monoisotopic (exact) mass is 1940 g/mol. The van der Waals surface area contributed by atoms with Crippen LogP contribution in [0.3, 0.4) is 0 Å². The summed E-state index contributed by atoms with van der Waals surface area (Å²) in [6.45, 7) is 21.3. The molecule has 53 nitrogen and oxygen atoms in total. The summed E-state index contributed by atoms with van der Waals surface area (Å²) in [4.78, 5) is 128. The van der Waals surface area contributed by atoms with Crippen LogP contribution in [0.1, 0.15) is 169 Å². The van der Waals surface area contributed by atoms with E-state index in [1.54, 1.807) is 111 Å². The zero-order valence-corrected chi connectivity index (χ0v) is 81.9. The van der Waals surface area contributed by atoms with Crippen LogP contribution < -0.4 is 0 Å². The molecule has 136 heavy (non-hydrogen) atoms. The van der Waals surface area contributed by atoms with E-state index in [0.29, 0.717) is 0 Å². The molecule has 53 heteroatoms. The minimum absolute atomic E-state index is 0.00493. The fourth-order valence-corrected chi connectivity index (χ4v) is 10.9. The summed E-state index contributed by atoms with van der Waals surface area (Å²) >= 11 is 0. The molecule has 6 atom stereocenters. The van der Waals surface area contributed by atoms with Crippen LogP contribution in [0.15, 0.2) is 40.9 Å². The molecule has 0 aromatic carbocycles. The van der Waals surface area contributed by atoms with E-state index in [1.165, 1.54) is 0 Å². The van der Waals surface area contributed by atoms with E-state index in [1.807, 2.05) is 0 Å². The zero-order valence-electron chi connectivity index (χ0n) is 81.9. The van der Waals surface area contributed by atoms with Crippen molar-refractivity contribution in [1.82, 2.24) is 0 Å². The predicted octanol–water partition coefficient (Wildman–Crippen LogP) is 14.0. The molecular formula is C83H144N24O29.